The van der Waals surface area contributed by atoms with E-state index in [0.29, 0.717) is 0 Å². The largest absolute Gasteiger partial charge is 0.394 e. The van der Waals surface area contributed by atoms with Crippen LogP contribution in [0.1, 0.15) is 12.6 Å². The standard InChI is InChI=1S/C10H15N3O5/c11-7-1-2-13(10(17)12-7)8-3-5(15)9(18-8)6(16)4-14/h1-2,5-6,8-9,14-16H,3-4H2,(H2,11,12,17)/t5-,6?,8+,9-/m0/s1. The third-order valence-corrected chi connectivity index (χ3v) is 2.86. The first-order chi connectivity index (χ1) is 8.52. The molecule has 0 saturated carbocycles. The Kier molecular flexibility index (Phi) is 3.62. The summed E-state index contributed by atoms with van der Waals surface area (Å²) >= 11 is 0. The number of aliphatic hydroxyl groups is 3. The van der Waals surface area contributed by atoms with Crippen LogP contribution in [0.25, 0.3) is 0 Å². The molecule has 0 amide bonds. The summed E-state index contributed by atoms with van der Waals surface area (Å²) in [6.45, 7) is -0.524. The number of rotatable bonds is 3. The summed E-state index contributed by atoms with van der Waals surface area (Å²) in [5.74, 6) is 0.0988. The van der Waals surface area contributed by atoms with Crippen molar-refractivity contribution in [2.24, 2.45) is 0 Å². The lowest BCUT2D eigenvalue weighted by Gasteiger charge is -2.19. The predicted octanol–water partition coefficient (Wildman–Crippen LogP) is -2.17. The molecule has 1 aliphatic heterocycles. The van der Waals surface area contributed by atoms with Crippen molar-refractivity contribution in [3.05, 3.63) is 22.7 Å². The minimum Gasteiger partial charge on any atom is -0.394 e. The normalized spacial score (nSPS) is 29.4. The minimum atomic E-state index is -1.19. The molecule has 8 nitrogen and oxygen atoms in total. The molecule has 100 valence electrons. The lowest BCUT2D eigenvalue weighted by atomic mass is 10.1. The molecule has 2 rings (SSSR count). The van der Waals surface area contributed by atoms with Crippen LogP contribution >= 0.6 is 0 Å². The molecular weight excluding hydrogens is 242 g/mol. The number of aromatic nitrogens is 2. The van der Waals surface area contributed by atoms with Crippen molar-refractivity contribution in [2.75, 3.05) is 12.3 Å². The fourth-order valence-corrected chi connectivity index (χ4v) is 1.94. The number of hydrogen-bond donors (Lipinski definition) is 4. The van der Waals surface area contributed by atoms with Gasteiger partial charge in [0.15, 0.2) is 0 Å². The van der Waals surface area contributed by atoms with Crippen LogP contribution < -0.4 is 11.4 Å². The van der Waals surface area contributed by atoms with Crippen molar-refractivity contribution in [2.45, 2.75) is 31.0 Å². The van der Waals surface area contributed by atoms with E-state index in [1.807, 2.05) is 0 Å². The second-order valence-electron chi connectivity index (χ2n) is 4.15. The fourth-order valence-electron chi connectivity index (χ4n) is 1.94. The maximum Gasteiger partial charge on any atom is 0.351 e. The van der Waals surface area contributed by atoms with Crippen molar-refractivity contribution in [1.82, 2.24) is 9.55 Å². The molecule has 5 N–H and O–H groups in total. The number of ether oxygens (including phenoxy) is 1. The van der Waals surface area contributed by atoms with E-state index in [0.717, 1.165) is 0 Å². The molecule has 1 aliphatic rings. The molecule has 4 atom stereocenters. The van der Waals surface area contributed by atoms with Gasteiger partial charge in [-0.05, 0) is 6.07 Å². The highest BCUT2D eigenvalue weighted by atomic mass is 16.5. The van der Waals surface area contributed by atoms with Crippen LogP contribution in [0.15, 0.2) is 17.1 Å². The van der Waals surface area contributed by atoms with Crippen LogP contribution in [0.4, 0.5) is 5.82 Å². The smallest absolute Gasteiger partial charge is 0.351 e. The Balaban J connectivity index is 2.19. The van der Waals surface area contributed by atoms with Crippen molar-refractivity contribution in [3.8, 4) is 0 Å². The molecule has 8 heteroatoms. The predicted molar refractivity (Wildman–Crippen MR) is 60.5 cm³/mol. The molecule has 1 saturated heterocycles. The molecule has 18 heavy (non-hydrogen) atoms. The zero-order chi connectivity index (χ0) is 13.3. The van der Waals surface area contributed by atoms with Crippen LogP contribution in [-0.4, -0.2) is 49.8 Å². The molecule has 2 heterocycles. The highest BCUT2D eigenvalue weighted by Crippen LogP contribution is 2.29. The number of nitrogens with two attached hydrogens (primary N) is 1. The SMILES string of the molecule is Nc1ccn([C@H]2C[C@H](O)[C@@H](C(O)CO)O2)c(=O)n1. The number of hydrogen-bond acceptors (Lipinski definition) is 7. The van der Waals surface area contributed by atoms with Crippen LogP contribution in [0.2, 0.25) is 0 Å². The topological polar surface area (TPSA) is 131 Å². The van der Waals surface area contributed by atoms with Gasteiger partial charge in [0.2, 0.25) is 0 Å². The highest BCUT2D eigenvalue weighted by molar-refractivity contribution is 5.23. The summed E-state index contributed by atoms with van der Waals surface area (Å²) in [4.78, 5) is 15.1. The summed E-state index contributed by atoms with van der Waals surface area (Å²) in [6.07, 6.45) is -2.26. The second kappa shape index (κ2) is 5.02. The van der Waals surface area contributed by atoms with Gasteiger partial charge in [-0.15, -0.1) is 0 Å². The number of aliphatic hydroxyl groups excluding tert-OH is 3. The van der Waals surface area contributed by atoms with Gasteiger partial charge in [0.25, 0.3) is 0 Å². The van der Waals surface area contributed by atoms with Gasteiger partial charge in [0.05, 0.1) is 12.7 Å². The van der Waals surface area contributed by atoms with Gasteiger partial charge in [-0.1, -0.05) is 0 Å². The Bertz CT molecular complexity index is 477. The lowest BCUT2D eigenvalue weighted by molar-refractivity contribution is -0.0965. The molecule has 0 bridgehead atoms. The third-order valence-electron chi connectivity index (χ3n) is 2.86. The van der Waals surface area contributed by atoms with Crippen LogP contribution in [-0.2, 0) is 4.74 Å². The maximum atomic E-state index is 11.6. The van der Waals surface area contributed by atoms with E-state index in [1.165, 1.54) is 16.8 Å². The van der Waals surface area contributed by atoms with Crippen molar-refractivity contribution >= 4 is 5.82 Å². The quantitative estimate of drug-likeness (QED) is 0.484. The van der Waals surface area contributed by atoms with Gasteiger partial charge in [-0.25, -0.2) is 4.79 Å². The van der Waals surface area contributed by atoms with Crippen molar-refractivity contribution in [3.63, 3.8) is 0 Å². The summed E-state index contributed by atoms with van der Waals surface area (Å²) in [7, 11) is 0. The maximum absolute atomic E-state index is 11.6. The molecule has 0 aromatic carbocycles. The van der Waals surface area contributed by atoms with Gasteiger partial charge in [-0.2, -0.15) is 4.98 Å². The van der Waals surface area contributed by atoms with Gasteiger partial charge < -0.3 is 25.8 Å². The Morgan fingerprint density at radius 1 is 1.67 bits per heavy atom. The van der Waals surface area contributed by atoms with E-state index in [4.69, 9.17) is 15.6 Å². The van der Waals surface area contributed by atoms with Gasteiger partial charge >= 0.3 is 5.69 Å². The lowest BCUT2D eigenvalue weighted by Crippen LogP contribution is -2.37. The monoisotopic (exact) mass is 257 g/mol. The molecular formula is C10H15N3O5. The van der Waals surface area contributed by atoms with Crippen molar-refractivity contribution in [1.29, 1.82) is 0 Å². The van der Waals surface area contributed by atoms with E-state index in [-0.39, 0.29) is 12.2 Å². The number of nitrogens with zero attached hydrogens (tertiary/aromatic N) is 2. The second-order valence-corrected chi connectivity index (χ2v) is 4.15. The fraction of sp³-hybridized carbons (Fsp3) is 0.600. The minimum absolute atomic E-state index is 0.0988. The van der Waals surface area contributed by atoms with E-state index in [2.05, 4.69) is 4.98 Å². The Labute approximate surface area is 102 Å². The summed E-state index contributed by atoms with van der Waals surface area (Å²) in [5, 5.41) is 28.0. The summed E-state index contributed by atoms with van der Waals surface area (Å²) in [5.41, 5.74) is 4.77. The molecule has 1 aromatic heterocycles. The average Bonchev–Trinajstić information content (AvgIpc) is 2.70. The molecule has 1 aromatic rings. The van der Waals surface area contributed by atoms with Gasteiger partial charge in [0, 0.05) is 12.6 Å². The Morgan fingerprint density at radius 3 is 3.00 bits per heavy atom. The Morgan fingerprint density at radius 2 is 2.39 bits per heavy atom. The number of nitrogen functional groups attached to an aromatic ring is 1. The zero-order valence-corrected chi connectivity index (χ0v) is 9.51. The van der Waals surface area contributed by atoms with Crippen LogP contribution in [0.5, 0.6) is 0 Å². The van der Waals surface area contributed by atoms with Crippen LogP contribution in [0.3, 0.4) is 0 Å². The first kappa shape index (κ1) is 13.0. The van der Waals surface area contributed by atoms with E-state index >= 15 is 0 Å². The zero-order valence-electron chi connectivity index (χ0n) is 9.51. The third kappa shape index (κ3) is 2.36. The summed E-state index contributed by atoms with van der Waals surface area (Å²) < 4.78 is 6.54. The Hall–Kier alpha value is -1.48. The van der Waals surface area contributed by atoms with Crippen molar-refractivity contribution < 1.29 is 20.1 Å². The molecule has 0 radical (unpaired) electrons. The highest BCUT2D eigenvalue weighted by Gasteiger charge is 2.39. The van der Waals surface area contributed by atoms with Crippen LogP contribution in [0, 0.1) is 0 Å². The average molecular weight is 257 g/mol. The van der Waals surface area contributed by atoms with E-state index in [1.54, 1.807) is 0 Å². The van der Waals surface area contributed by atoms with E-state index in [9.17, 15) is 15.0 Å². The van der Waals surface area contributed by atoms with Gasteiger partial charge in [0.1, 0.15) is 24.3 Å². The molecule has 0 aliphatic carbocycles. The first-order valence-corrected chi connectivity index (χ1v) is 5.50. The molecule has 0 spiro atoms. The van der Waals surface area contributed by atoms with E-state index < -0.39 is 36.8 Å². The summed E-state index contributed by atoms with van der Waals surface area (Å²) in [6, 6.07) is 1.44. The number of anilines is 1. The van der Waals surface area contributed by atoms with Gasteiger partial charge in [-0.3, -0.25) is 4.57 Å². The molecule has 1 unspecified atom stereocenters. The molecule has 1 fully saturated rings. The first-order valence-electron chi connectivity index (χ1n) is 5.50.